The van der Waals surface area contributed by atoms with Gasteiger partial charge in [0, 0.05) is 6.54 Å². The lowest BCUT2D eigenvalue weighted by Crippen LogP contribution is -2.25. The van der Waals surface area contributed by atoms with Crippen LogP contribution in [0.15, 0.2) is 6.07 Å². The molecule has 1 rings (SSSR count). The van der Waals surface area contributed by atoms with Gasteiger partial charge in [0.05, 0.1) is 14.2 Å². The van der Waals surface area contributed by atoms with Crippen molar-refractivity contribution in [3.05, 3.63) is 28.3 Å². The lowest BCUT2D eigenvalue weighted by molar-refractivity contribution is 0.171. The van der Waals surface area contributed by atoms with Gasteiger partial charge in [-0.05, 0) is 49.4 Å². The first-order valence-corrected chi connectivity index (χ1v) is 5.96. The normalized spacial score (nSPS) is 10.1. The van der Waals surface area contributed by atoms with E-state index in [1.54, 1.807) is 7.11 Å². The molecule has 0 atom stereocenters. The fourth-order valence-electron chi connectivity index (χ4n) is 2.09. The number of alkyl carbamates (subject to hydrolysis) is 1. The van der Waals surface area contributed by atoms with Crippen LogP contribution >= 0.6 is 0 Å². The second-order valence-corrected chi connectivity index (χ2v) is 4.30. The number of aryl methyl sites for hydroxylation is 1. The standard InChI is InChI=1S/C14H21NO3/c1-9-8-12(6-7-15-14(16)18-5)10(2)11(3)13(9)17-4/h8H,6-7H2,1-5H3,(H,15,16). The summed E-state index contributed by atoms with van der Waals surface area (Å²) in [4.78, 5) is 11.0. The fourth-order valence-corrected chi connectivity index (χ4v) is 2.09. The second kappa shape index (κ2) is 6.28. The summed E-state index contributed by atoms with van der Waals surface area (Å²) in [6.07, 6.45) is 0.390. The number of amides is 1. The molecule has 0 unspecified atom stereocenters. The highest BCUT2D eigenvalue weighted by molar-refractivity contribution is 5.66. The summed E-state index contributed by atoms with van der Waals surface area (Å²) >= 11 is 0. The molecule has 0 spiro atoms. The van der Waals surface area contributed by atoms with Crippen molar-refractivity contribution in [2.75, 3.05) is 20.8 Å². The molecule has 100 valence electrons. The van der Waals surface area contributed by atoms with Gasteiger partial charge in [0.15, 0.2) is 0 Å². The van der Waals surface area contributed by atoms with E-state index in [4.69, 9.17) is 4.74 Å². The molecule has 1 aromatic carbocycles. The molecule has 1 amide bonds. The molecule has 0 fully saturated rings. The van der Waals surface area contributed by atoms with E-state index in [2.05, 4.69) is 30.0 Å². The number of rotatable bonds is 4. The molecular weight excluding hydrogens is 230 g/mol. The summed E-state index contributed by atoms with van der Waals surface area (Å²) in [7, 11) is 3.05. The van der Waals surface area contributed by atoms with Crippen LogP contribution in [0.2, 0.25) is 0 Å². The van der Waals surface area contributed by atoms with Gasteiger partial charge in [0.2, 0.25) is 0 Å². The summed E-state index contributed by atoms with van der Waals surface area (Å²) < 4.78 is 9.91. The van der Waals surface area contributed by atoms with Gasteiger partial charge in [0.25, 0.3) is 0 Å². The first-order chi connectivity index (χ1) is 8.51. The molecule has 0 heterocycles. The van der Waals surface area contributed by atoms with Gasteiger partial charge in [-0.2, -0.15) is 0 Å². The third kappa shape index (κ3) is 3.15. The van der Waals surface area contributed by atoms with Gasteiger partial charge >= 0.3 is 6.09 Å². The van der Waals surface area contributed by atoms with Crippen LogP contribution in [-0.2, 0) is 11.2 Å². The number of carbonyl (C=O) groups excluding carboxylic acids is 1. The Hall–Kier alpha value is -1.71. The highest BCUT2D eigenvalue weighted by Gasteiger charge is 2.10. The van der Waals surface area contributed by atoms with Crippen molar-refractivity contribution < 1.29 is 14.3 Å². The Balaban J connectivity index is 2.81. The molecule has 4 heteroatoms. The Bertz CT molecular complexity index is 441. The SMILES string of the molecule is COC(=O)NCCc1cc(C)c(OC)c(C)c1C. The van der Waals surface area contributed by atoms with E-state index >= 15 is 0 Å². The van der Waals surface area contributed by atoms with E-state index in [-0.39, 0.29) is 0 Å². The molecule has 0 radical (unpaired) electrons. The Morgan fingerprint density at radius 1 is 1.22 bits per heavy atom. The molecule has 0 bridgehead atoms. The van der Waals surface area contributed by atoms with Crippen molar-refractivity contribution in [3.8, 4) is 5.75 Å². The van der Waals surface area contributed by atoms with Gasteiger partial charge in [0.1, 0.15) is 5.75 Å². The number of methoxy groups -OCH3 is 2. The number of hydrogen-bond acceptors (Lipinski definition) is 3. The molecule has 18 heavy (non-hydrogen) atoms. The van der Waals surface area contributed by atoms with Crippen molar-refractivity contribution in [1.82, 2.24) is 5.32 Å². The van der Waals surface area contributed by atoms with Crippen LogP contribution in [0.5, 0.6) is 5.75 Å². The predicted octanol–water partition coefficient (Wildman–Crippen LogP) is 2.52. The molecule has 0 aliphatic heterocycles. The number of hydrogen-bond donors (Lipinski definition) is 1. The fraction of sp³-hybridized carbons (Fsp3) is 0.500. The smallest absolute Gasteiger partial charge is 0.406 e. The Morgan fingerprint density at radius 3 is 2.44 bits per heavy atom. The minimum atomic E-state index is -0.394. The zero-order valence-corrected chi connectivity index (χ0v) is 11.7. The lowest BCUT2D eigenvalue weighted by atomic mass is 9.96. The number of nitrogens with one attached hydrogen (secondary N) is 1. The Morgan fingerprint density at radius 2 is 1.89 bits per heavy atom. The van der Waals surface area contributed by atoms with Gasteiger partial charge in [-0.3, -0.25) is 0 Å². The van der Waals surface area contributed by atoms with Crippen molar-refractivity contribution in [1.29, 1.82) is 0 Å². The molecule has 0 aliphatic rings. The lowest BCUT2D eigenvalue weighted by Gasteiger charge is -2.15. The Kier molecular flexibility index (Phi) is 5.01. The Labute approximate surface area is 108 Å². The summed E-state index contributed by atoms with van der Waals surface area (Å²) in [5.74, 6) is 0.942. The van der Waals surface area contributed by atoms with Gasteiger partial charge in [-0.1, -0.05) is 6.07 Å². The highest BCUT2D eigenvalue weighted by Crippen LogP contribution is 2.28. The first kappa shape index (κ1) is 14.4. The molecule has 0 saturated carbocycles. The average molecular weight is 251 g/mol. The average Bonchev–Trinajstić information content (AvgIpc) is 2.35. The van der Waals surface area contributed by atoms with E-state index in [0.29, 0.717) is 6.54 Å². The monoisotopic (exact) mass is 251 g/mol. The van der Waals surface area contributed by atoms with Gasteiger partial charge in [-0.25, -0.2) is 4.79 Å². The van der Waals surface area contributed by atoms with Gasteiger partial charge < -0.3 is 14.8 Å². The number of carbonyl (C=O) groups is 1. The maximum atomic E-state index is 11.0. The third-order valence-electron chi connectivity index (χ3n) is 3.19. The van der Waals surface area contributed by atoms with Gasteiger partial charge in [-0.15, -0.1) is 0 Å². The van der Waals surface area contributed by atoms with E-state index < -0.39 is 6.09 Å². The number of benzene rings is 1. The molecule has 0 saturated heterocycles. The molecular formula is C14H21NO3. The second-order valence-electron chi connectivity index (χ2n) is 4.30. The zero-order valence-electron chi connectivity index (χ0n) is 11.7. The van der Waals surface area contributed by atoms with Crippen molar-refractivity contribution in [2.45, 2.75) is 27.2 Å². The predicted molar refractivity (Wildman–Crippen MR) is 71.3 cm³/mol. The molecule has 4 nitrogen and oxygen atoms in total. The van der Waals surface area contributed by atoms with Crippen LogP contribution in [0.4, 0.5) is 4.79 Å². The van der Waals surface area contributed by atoms with E-state index in [1.165, 1.54) is 18.2 Å². The van der Waals surface area contributed by atoms with E-state index in [0.717, 1.165) is 23.3 Å². The van der Waals surface area contributed by atoms with Crippen LogP contribution in [0, 0.1) is 20.8 Å². The van der Waals surface area contributed by atoms with E-state index in [1.807, 2.05) is 6.92 Å². The van der Waals surface area contributed by atoms with Crippen LogP contribution in [0.25, 0.3) is 0 Å². The van der Waals surface area contributed by atoms with Crippen molar-refractivity contribution in [3.63, 3.8) is 0 Å². The van der Waals surface area contributed by atoms with Crippen molar-refractivity contribution in [2.24, 2.45) is 0 Å². The van der Waals surface area contributed by atoms with Crippen LogP contribution in [0.3, 0.4) is 0 Å². The first-order valence-electron chi connectivity index (χ1n) is 5.96. The van der Waals surface area contributed by atoms with Crippen LogP contribution in [0.1, 0.15) is 22.3 Å². The molecule has 1 N–H and O–H groups in total. The zero-order chi connectivity index (χ0) is 13.7. The summed E-state index contributed by atoms with van der Waals surface area (Å²) in [6.45, 7) is 6.73. The molecule has 0 aromatic heterocycles. The highest BCUT2D eigenvalue weighted by atomic mass is 16.5. The number of ether oxygens (including phenoxy) is 2. The largest absolute Gasteiger partial charge is 0.496 e. The van der Waals surface area contributed by atoms with E-state index in [9.17, 15) is 4.79 Å². The minimum Gasteiger partial charge on any atom is -0.496 e. The summed E-state index contributed by atoms with van der Waals surface area (Å²) in [5.41, 5.74) is 4.71. The third-order valence-corrected chi connectivity index (χ3v) is 3.19. The maximum Gasteiger partial charge on any atom is 0.406 e. The summed E-state index contributed by atoms with van der Waals surface area (Å²) in [6, 6.07) is 2.11. The summed E-state index contributed by atoms with van der Waals surface area (Å²) in [5, 5.41) is 2.68. The van der Waals surface area contributed by atoms with Crippen LogP contribution < -0.4 is 10.1 Å². The van der Waals surface area contributed by atoms with Crippen LogP contribution in [-0.4, -0.2) is 26.9 Å². The quantitative estimate of drug-likeness (QED) is 0.894. The maximum absolute atomic E-state index is 11.0. The topological polar surface area (TPSA) is 47.6 Å². The minimum absolute atomic E-state index is 0.394. The van der Waals surface area contributed by atoms with Crippen molar-refractivity contribution >= 4 is 6.09 Å². The molecule has 1 aromatic rings. The molecule has 0 aliphatic carbocycles.